The second-order valence-corrected chi connectivity index (χ2v) is 5.98. The van der Waals surface area contributed by atoms with Crippen molar-refractivity contribution in [2.45, 2.75) is 19.9 Å². The summed E-state index contributed by atoms with van der Waals surface area (Å²) in [4.78, 5) is 14.8. The van der Waals surface area contributed by atoms with E-state index in [9.17, 15) is 4.79 Å². The lowest BCUT2D eigenvalue weighted by molar-refractivity contribution is 0.0932. The highest BCUT2D eigenvalue weighted by molar-refractivity contribution is 7.07. The van der Waals surface area contributed by atoms with Crippen LogP contribution in [0.4, 0.5) is 0 Å². The highest BCUT2D eigenvalue weighted by atomic mass is 32.1. The zero-order chi connectivity index (χ0) is 16.7. The molecule has 0 saturated carbocycles. The molecule has 2 rings (SSSR count). The summed E-state index contributed by atoms with van der Waals surface area (Å²) in [6.07, 6.45) is 0. The van der Waals surface area contributed by atoms with Crippen molar-refractivity contribution in [3.63, 3.8) is 0 Å². The number of ether oxygens (including phenoxy) is 1. The average molecular weight is 332 g/mol. The van der Waals surface area contributed by atoms with Crippen LogP contribution in [0, 0.1) is 0 Å². The van der Waals surface area contributed by atoms with E-state index in [1.54, 1.807) is 30.6 Å². The molecule has 0 spiro atoms. The second-order valence-electron chi connectivity index (χ2n) is 5.20. The number of hydrogen-bond donors (Lipinski definition) is 1. The van der Waals surface area contributed by atoms with E-state index in [-0.39, 0.29) is 11.9 Å². The quantitative estimate of drug-likeness (QED) is 0.803. The van der Waals surface area contributed by atoms with Crippen molar-refractivity contribution in [3.05, 3.63) is 52.2 Å². The molecule has 2 aromatic rings. The van der Waals surface area contributed by atoms with Crippen molar-refractivity contribution in [3.8, 4) is 5.75 Å². The molecule has 4 nitrogen and oxygen atoms in total. The van der Waals surface area contributed by atoms with Crippen molar-refractivity contribution >= 4 is 17.2 Å². The minimum atomic E-state index is -0.102. The number of nitrogens with zero attached hydrogens (tertiary/aromatic N) is 1. The third kappa shape index (κ3) is 4.33. The van der Waals surface area contributed by atoms with E-state index in [2.05, 4.69) is 40.9 Å². The Morgan fingerprint density at radius 3 is 2.61 bits per heavy atom. The van der Waals surface area contributed by atoms with Crippen LogP contribution in [0.5, 0.6) is 5.75 Å². The van der Waals surface area contributed by atoms with Gasteiger partial charge >= 0.3 is 0 Å². The van der Waals surface area contributed by atoms with Crippen LogP contribution in [-0.2, 0) is 0 Å². The Labute approximate surface area is 142 Å². The van der Waals surface area contributed by atoms with Gasteiger partial charge in [-0.05, 0) is 47.6 Å². The molecule has 124 valence electrons. The van der Waals surface area contributed by atoms with Gasteiger partial charge in [0.05, 0.1) is 18.7 Å². The number of para-hydroxylation sites is 1. The Hall–Kier alpha value is -1.85. The minimum Gasteiger partial charge on any atom is -0.496 e. The summed E-state index contributed by atoms with van der Waals surface area (Å²) in [5.74, 6) is 0.495. The lowest BCUT2D eigenvalue weighted by Gasteiger charge is -2.29. The van der Waals surface area contributed by atoms with Crippen molar-refractivity contribution in [2.24, 2.45) is 0 Å². The molecule has 0 bridgehead atoms. The SMILES string of the molecule is CCN(CC)[C@@H](CNC(=O)c1ccccc1OC)c1ccsc1. The molecule has 23 heavy (non-hydrogen) atoms. The third-order valence-corrected chi connectivity index (χ3v) is 4.69. The molecule has 0 aliphatic rings. The monoisotopic (exact) mass is 332 g/mol. The van der Waals surface area contributed by atoms with Crippen LogP contribution in [-0.4, -0.2) is 37.6 Å². The van der Waals surface area contributed by atoms with E-state index >= 15 is 0 Å². The van der Waals surface area contributed by atoms with Gasteiger partial charge in [-0.2, -0.15) is 11.3 Å². The molecule has 1 heterocycles. The fourth-order valence-corrected chi connectivity index (χ4v) is 3.41. The molecular formula is C18H24N2O2S. The number of thiophene rings is 1. The Kier molecular flexibility index (Phi) is 6.62. The predicted octanol–water partition coefficient (Wildman–Crippen LogP) is 3.57. The first-order chi connectivity index (χ1) is 11.2. The van der Waals surface area contributed by atoms with Gasteiger partial charge in [-0.25, -0.2) is 0 Å². The molecule has 0 fully saturated rings. The van der Waals surface area contributed by atoms with Crippen molar-refractivity contribution < 1.29 is 9.53 Å². The molecule has 0 saturated heterocycles. The summed E-state index contributed by atoms with van der Waals surface area (Å²) in [7, 11) is 1.58. The number of likely N-dealkylation sites (N-methyl/N-ethyl adjacent to an activating group) is 1. The molecule has 1 aromatic heterocycles. The number of hydrogen-bond acceptors (Lipinski definition) is 4. The number of rotatable bonds is 8. The molecular weight excluding hydrogens is 308 g/mol. The molecule has 0 radical (unpaired) electrons. The largest absolute Gasteiger partial charge is 0.496 e. The highest BCUT2D eigenvalue weighted by Crippen LogP contribution is 2.23. The molecule has 1 atom stereocenters. The molecule has 0 aliphatic carbocycles. The van der Waals surface area contributed by atoms with E-state index < -0.39 is 0 Å². The fourth-order valence-electron chi connectivity index (χ4n) is 2.70. The summed E-state index contributed by atoms with van der Waals surface area (Å²) in [5, 5.41) is 7.28. The third-order valence-electron chi connectivity index (χ3n) is 3.99. The molecule has 0 unspecified atom stereocenters. The van der Waals surface area contributed by atoms with Gasteiger partial charge in [0.15, 0.2) is 0 Å². The normalized spacial score (nSPS) is 12.2. The zero-order valence-electron chi connectivity index (χ0n) is 13.9. The van der Waals surface area contributed by atoms with Gasteiger partial charge in [0.2, 0.25) is 0 Å². The average Bonchev–Trinajstić information content (AvgIpc) is 3.12. The summed E-state index contributed by atoms with van der Waals surface area (Å²) >= 11 is 1.68. The number of carbonyl (C=O) groups excluding carboxylic acids is 1. The fraction of sp³-hybridized carbons (Fsp3) is 0.389. The Bertz CT molecular complexity index is 609. The number of methoxy groups -OCH3 is 1. The number of nitrogens with one attached hydrogen (secondary N) is 1. The van der Waals surface area contributed by atoms with Crippen LogP contribution < -0.4 is 10.1 Å². The van der Waals surface area contributed by atoms with Gasteiger partial charge in [0.25, 0.3) is 5.91 Å². The minimum absolute atomic E-state index is 0.102. The van der Waals surface area contributed by atoms with E-state index in [1.807, 2.05) is 12.1 Å². The van der Waals surface area contributed by atoms with Crippen molar-refractivity contribution in [1.29, 1.82) is 0 Å². The van der Waals surface area contributed by atoms with Gasteiger partial charge in [-0.1, -0.05) is 26.0 Å². The Morgan fingerprint density at radius 2 is 2.00 bits per heavy atom. The van der Waals surface area contributed by atoms with Gasteiger partial charge in [-0.3, -0.25) is 9.69 Å². The summed E-state index contributed by atoms with van der Waals surface area (Å²) < 4.78 is 5.27. The van der Waals surface area contributed by atoms with E-state index in [1.165, 1.54) is 5.56 Å². The van der Waals surface area contributed by atoms with E-state index in [0.717, 1.165) is 13.1 Å². The lowest BCUT2D eigenvalue weighted by atomic mass is 10.1. The van der Waals surface area contributed by atoms with Crippen LogP contribution in [0.25, 0.3) is 0 Å². The van der Waals surface area contributed by atoms with Crippen LogP contribution in [0.3, 0.4) is 0 Å². The van der Waals surface area contributed by atoms with Crippen LogP contribution >= 0.6 is 11.3 Å². The Morgan fingerprint density at radius 1 is 1.26 bits per heavy atom. The molecule has 1 N–H and O–H groups in total. The van der Waals surface area contributed by atoms with E-state index in [0.29, 0.717) is 17.9 Å². The number of benzene rings is 1. The molecule has 5 heteroatoms. The molecule has 0 aliphatic heterocycles. The first-order valence-corrected chi connectivity index (χ1v) is 8.82. The van der Waals surface area contributed by atoms with Gasteiger partial charge in [-0.15, -0.1) is 0 Å². The first-order valence-electron chi connectivity index (χ1n) is 7.88. The summed E-state index contributed by atoms with van der Waals surface area (Å²) in [5.41, 5.74) is 1.82. The maximum atomic E-state index is 12.5. The number of amides is 1. The standard InChI is InChI=1S/C18H24N2O2S/c1-4-20(5-2)16(14-10-11-23-13-14)12-19-18(21)15-8-6-7-9-17(15)22-3/h6-11,13,16H,4-5,12H2,1-3H3,(H,19,21)/t16-/m0/s1. The zero-order valence-corrected chi connectivity index (χ0v) is 14.7. The lowest BCUT2D eigenvalue weighted by Crippen LogP contribution is -2.38. The summed E-state index contributed by atoms with van der Waals surface area (Å²) in [6, 6.07) is 9.61. The highest BCUT2D eigenvalue weighted by Gasteiger charge is 2.20. The van der Waals surface area contributed by atoms with Gasteiger partial charge in [0.1, 0.15) is 5.75 Å². The van der Waals surface area contributed by atoms with Gasteiger partial charge in [0, 0.05) is 6.54 Å². The topological polar surface area (TPSA) is 41.6 Å². The van der Waals surface area contributed by atoms with Crippen molar-refractivity contribution in [1.82, 2.24) is 10.2 Å². The first kappa shape index (κ1) is 17.5. The van der Waals surface area contributed by atoms with E-state index in [4.69, 9.17) is 4.74 Å². The maximum Gasteiger partial charge on any atom is 0.255 e. The van der Waals surface area contributed by atoms with Crippen LogP contribution in [0.2, 0.25) is 0 Å². The summed E-state index contributed by atoms with van der Waals surface area (Å²) in [6.45, 7) is 6.76. The van der Waals surface area contributed by atoms with Gasteiger partial charge < -0.3 is 10.1 Å². The smallest absolute Gasteiger partial charge is 0.255 e. The molecule has 1 aromatic carbocycles. The van der Waals surface area contributed by atoms with Crippen LogP contribution in [0.1, 0.15) is 35.8 Å². The van der Waals surface area contributed by atoms with Crippen LogP contribution in [0.15, 0.2) is 41.1 Å². The predicted molar refractivity (Wildman–Crippen MR) is 95.3 cm³/mol. The maximum absolute atomic E-state index is 12.5. The molecule has 1 amide bonds. The number of carbonyl (C=O) groups is 1. The Balaban J connectivity index is 2.10. The second kappa shape index (κ2) is 8.70. The van der Waals surface area contributed by atoms with Crippen molar-refractivity contribution in [2.75, 3.05) is 26.7 Å².